The van der Waals surface area contributed by atoms with Crippen molar-refractivity contribution in [1.82, 2.24) is 4.90 Å². The molecule has 2 atom stereocenters. The number of nitrogen functional groups attached to an aromatic ring is 1. The number of carbonyl (C=O) groups is 1. The van der Waals surface area contributed by atoms with Crippen molar-refractivity contribution >= 4 is 17.7 Å². The zero-order valence-electron chi connectivity index (χ0n) is 17.4. The summed E-state index contributed by atoms with van der Waals surface area (Å²) in [7, 11) is 0. The number of anilines is 1. The number of hydrogen-bond acceptors (Lipinski definition) is 3. The number of alkyl halides is 2. The fourth-order valence-corrected chi connectivity index (χ4v) is 4.19. The SMILES string of the molecule is Cc1c(N)ccc2c1CC(C)N(CC(C)(F)F)C2c1c(F)cc(/C=C/C(=O)O)cc1F. The summed E-state index contributed by atoms with van der Waals surface area (Å²) in [5.74, 6) is -6.21. The molecule has 1 aliphatic rings. The number of rotatable bonds is 5. The maximum atomic E-state index is 15.2. The molecule has 0 saturated heterocycles. The second-order valence-electron chi connectivity index (χ2n) is 8.12. The maximum absolute atomic E-state index is 15.2. The largest absolute Gasteiger partial charge is 0.478 e. The minimum atomic E-state index is -3.08. The summed E-state index contributed by atoms with van der Waals surface area (Å²) < 4.78 is 58.4. The molecule has 0 amide bonds. The molecule has 0 bridgehead atoms. The molecular formula is C23H24F4N2O2. The van der Waals surface area contributed by atoms with E-state index in [-0.39, 0.29) is 11.1 Å². The molecular weight excluding hydrogens is 412 g/mol. The molecule has 3 N–H and O–H groups in total. The van der Waals surface area contributed by atoms with Crippen molar-refractivity contribution in [2.45, 2.75) is 45.2 Å². The molecule has 166 valence electrons. The van der Waals surface area contributed by atoms with Crippen LogP contribution in [0.1, 0.15) is 47.7 Å². The number of nitrogens with two attached hydrogens (primary N) is 1. The van der Waals surface area contributed by atoms with Crippen LogP contribution in [0.15, 0.2) is 30.3 Å². The molecule has 2 unspecified atom stereocenters. The summed E-state index contributed by atoms with van der Waals surface area (Å²) >= 11 is 0. The first-order valence-electron chi connectivity index (χ1n) is 9.80. The standard InChI is InChI=1S/C23H24F4N2O2/c1-12-8-16-13(2)19(28)6-5-15(16)22(29(12)11-23(3,26)27)21-17(24)9-14(10-18(21)25)4-7-20(30)31/h4-7,9-10,12,22H,8,11,28H2,1-3H3,(H,30,31)/b7-4+. The monoisotopic (exact) mass is 436 g/mol. The number of benzene rings is 2. The highest BCUT2D eigenvalue weighted by Gasteiger charge is 2.41. The smallest absolute Gasteiger partial charge is 0.328 e. The summed E-state index contributed by atoms with van der Waals surface area (Å²) in [6.45, 7) is 3.63. The fraction of sp³-hybridized carbons (Fsp3) is 0.348. The van der Waals surface area contributed by atoms with Crippen molar-refractivity contribution in [2.24, 2.45) is 0 Å². The third-order valence-electron chi connectivity index (χ3n) is 5.62. The Morgan fingerprint density at radius 1 is 1.29 bits per heavy atom. The van der Waals surface area contributed by atoms with Gasteiger partial charge in [0.1, 0.15) is 11.6 Å². The number of carboxylic acid groups (broad SMARTS) is 1. The Balaban J connectivity index is 2.22. The predicted molar refractivity (Wildman–Crippen MR) is 111 cm³/mol. The van der Waals surface area contributed by atoms with Crippen LogP contribution in [0.5, 0.6) is 0 Å². The van der Waals surface area contributed by atoms with E-state index in [9.17, 15) is 13.6 Å². The van der Waals surface area contributed by atoms with Crippen molar-refractivity contribution in [1.29, 1.82) is 0 Å². The molecule has 0 fully saturated rings. The summed E-state index contributed by atoms with van der Waals surface area (Å²) in [6, 6.07) is 3.74. The molecule has 0 aliphatic carbocycles. The third-order valence-corrected chi connectivity index (χ3v) is 5.62. The first kappa shape index (κ1) is 22.8. The van der Waals surface area contributed by atoms with Gasteiger partial charge in [-0.25, -0.2) is 22.4 Å². The molecule has 0 saturated carbocycles. The highest BCUT2D eigenvalue weighted by atomic mass is 19.3. The lowest BCUT2D eigenvalue weighted by Crippen LogP contribution is -2.48. The van der Waals surface area contributed by atoms with Crippen LogP contribution < -0.4 is 5.73 Å². The van der Waals surface area contributed by atoms with Crippen LogP contribution in [0.4, 0.5) is 23.2 Å². The topological polar surface area (TPSA) is 66.6 Å². The van der Waals surface area contributed by atoms with Crippen molar-refractivity contribution in [3.8, 4) is 0 Å². The minimum absolute atomic E-state index is 0.0195. The van der Waals surface area contributed by atoms with E-state index in [0.29, 0.717) is 17.7 Å². The van der Waals surface area contributed by atoms with Gasteiger partial charge in [0.15, 0.2) is 0 Å². The van der Waals surface area contributed by atoms with Gasteiger partial charge in [-0.3, -0.25) is 4.90 Å². The first-order chi connectivity index (χ1) is 14.4. The van der Waals surface area contributed by atoms with Crippen LogP contribution in [-0.4, -0.2) is 34.5 Å². The molecule has 1 aliphatic heterocycles. The lowest BCUT2D eigenvalue weighted by Gasteiger charge is -2.44. The Kier molecular flexibility index (Phi) is 6.14. The van der Waals surface area contributed by atoms with E-state index in [1.165, 1.54) is 4.90 Å². The van der Waals surface area contributed by atoms with Gasteiger partial charge in [0.2, 0.25) is 0 Å². The predicted octanol–water partition coefficient (Wildman–Crippen LogP) is 4.94. The van der Waals surface area contributed by atoms with E-state index in [1.54, 1.807) is 26.0 Å². The van der Waals surface area contributed by atoms with Crippen molar-refractivity contribution in [3.63, 3.8) is 0 Å². The second-order valence-corrected chi connectivity index (χ2v) is 8.12. The van der Waals surface area contributed by atoms with Gasteiger partial charge < -0.3 is 10.8 Å². The lowest BCUT2D eigenvalue weighted by atomic mass is 9.81. The number of carboxylic acids is 1. The fourth-order valence-electron chi connectivity index (χ4n) is 4.19. The van der Waals surface area contributed by atoms with Gasteiger partial charge in [-0.15, -0.1) is 0 Å². The highest BCUT2D eigenvalue weighted by molar-refractivity contribution is 5.85. The summed E-state index contributed by atoms with van der Waals surface area (Å²) in [5.41, 5.74) is 8.28. The first-order valence-corrected chi connectivity index (χ1v) is 9.80. The summed E-state index contributed by atoms with van der Waals surface area (Å²) in [6.07, 6.45) is 2.25. The maximum Gasteiger partial charge on any atom is 0.328 e. The molecule has 4 nitrogen and oxygen atoms in total. The zero-order valence-corrected chi connectivity index (χ0v) is 17.4. The van der Waals surface area contributed by atoms with E-state index in [4.69, 9.17) is 10.8 Å². The lowest BCUT2D eigenvalue weighted by molar-refractivity contribution is -0.131. The molecule has 3 rings (SSSR count). The number of halogens is 4. The average molecular weight is 436 g/mol. The Hall–Kier alpha value is -2.87. The van der Waals surface area contributed by atoms with E-state index in [1.807, 2.05) is 0 Å². The Morgan fingerprint density at radius 2 is 1.90 bits per heavy atom. The van der Waals surface area contributed by atoms with E-state index < -0.39 is 42.2 Å². The van der Waals surface area contributed by atoms with Crippen LogP contribution in [-0.2, 0) is 11.2 Å². The van der Waals surface area contributed by atoms with Crippen LogP contribution in [0.3, 0.4) is 0 Å². The Morgan fingerprint density at radius 3 is 2.45 bits per heavy atom. The highest BCUT2D eigenvalue weighted by Crippen LogP contribution is 2.43. The van der Waals surface area contributed by atoms with Crippen LogP contribution in [0.2, 0.25) is 0 Å². The molecule has 1 heterocycles. The number of aliphatic carboxylic acids is 1. The summed E-state index contributed by atoms with van der Waals surface area (Å²) in [4.78, 5) is 12.1. The Labute approximate surface area is 178 Å². The van der Waals surface area contributed by atoms with Crippen LogP contribution >= 0.6 is 0 Å². The molecule has 31 heavy (non-hydrogen) atoms. The van der Waals surface area contributed by atoms with E-state index in [2.05, 4.69) is 0 Å². The number of fused-ring (bicyclic) bond motifs is 1. The van der Waals surface area contributed by atoms with Crippen molar-refractivity contribution in [3.05, 3.63) is 69.8 Å². The minimum Gasteiger partial charge on any atom is -0.478 e. The molecule has 8 heteroatoms. The molecule has 0 aromatic heterocycles. The summed E-state index contributed by atoms with van der Waals surface area (Å²) in [5, 5.41) is 8.74. The zero-order chi connectivity index (χ0) is 23.1. The van der Waals surface area contributed by atoms with E-state index >= 15 is 8.78 Å². The average Bonchev–Trinajstić information content (AvgIpc) is 2.64. The van der Waals surface area contributed by atoms with Crippen molar-refractivity contribution in [2.75, 3.05) is 12.3 Å². The van der Waals surface area contributed by atoms with Gasteiger partial charge in [0, 0.05) is 30.3 Å². The van der Waals surface area contributed by atoms with Gasteiger partial charge in [0.05, 0.1) is 12.6 Å². The van der Waals surface area contributed by atoms with Gasteiger partial charge in [-0.1, -0.05) is 6.07 Å². The van der Waals surface area contributed by atoms with Crippen molar-refractivity contribution < 1.29 is 27.5 Å². The van der Waals surface area contributed by atoms with Gasteiger partial charge in [0.25, 0.3) is 5.92 Å². The molecule has 0 radical (unpaired) electrons. The number of nitrogens with zero attached hydrogens (tertiary/aromatic N) is 1. The second kappa shape index (κ2) is 8.34. The number of hydrogen-bond donors (Lipinski definition) is 2. The van der Waals surface area contributed by atoms with Crippen LogP contribution in [0.25, 0.3) is 6.08 Å². The normalized spacial score (nSPS) is 19.6. The third kappa shape index (κ3) is 4.74. The van der Waals surface area contributed by atoms with E-state index in [0.717, 1.165) is 42.3 Å². The molecule has 2 aromatic rings. The van der Waals surface area contributed by atoms with Crippen LogP contribution in [0, 0.1) is 18.6 Å². The van der Waals surface area contributed by atoms with Gasteiger partial charge in [-0.2, -0.15) is 0 Å². The van der Waals surface area contributed by atoms with Gasteiger partial charge in [-0.05, 0) is 66.8 Å². The molecule has 0 spiro atoms. The van der Waals surface area contributed by atoms with Gasteiger partial charge >= 0.3 is 5.97 Å². The molecule has 2 aromatic carbocycles. The quantitative estimate of drug-likeness (QED) is 0.396. The Bertz CT molecular complexity index is 1020.